The average Bonchev–Trinajstić information content (AvgIpc) is 2.72. The van der Waals surface area contributed by atoms with E-state index in [1.54, 1.807) is 24.3 Å². The molecule has 0 bridgehead atoms. The fourth-order valence-corrected chi connectivity index (χ4v) is 4.39. The molecule has 3 aromatic carbocycles. The molecule has 30 heavy (non-hydrogen) atoms. The average molecular weight is 449 g/mol. The number of hydrogen-bond donors (Lipinski definition) is 1. The lowest BCUT2D eigenvalue weighted by atomic mass is 10.3. The Labute approximate surface area is 178 Å². The van der Waals surface area contributed by atoms with Gasteiger partial charge in [0.2, 0.25) is 5.91 Å². The lowest BCUT2D eigenvalue weighted by Gasteiger charge is -2.25. The first-order valence-electron chi connectivity index (χ1n) is 8.78. The summed E-state index contributed by atoms with van der Waals surface area (Å²) in [4.78, 5) is 12.6. The van der Waals surface area contributed by atoms with Crippen molar-refractivity contribution >= 4 is 38.9 Å². The van der Waals surface area contributed by atoms with Gasteiger partial charge in [-0.3, -0.25) is 9.10 Å². The van der Waals surface area contributed by atoms with Crippen molar-refractivity contribution in [3.05, 3.63) is 83.6 Å². The van der Waals surface area contributed by atoms with E-state index in [9.17, 15) is 17.6 Å². The van der Waals surface area contributed by atoms with Crippen LogP contribution in [-0.2, 0) is 14.8 Å². The summed E-state index contributed by atoms with van der Waals surface area (Å²) < 4.78 is 46.3. The van der Waals surface area contributed by atoms with E-state index in [0.29, 0.717) is 0 Å². The summed E-state index contributed by atoms with van der Waals surface area (Å²) in [5.41, 5.74) is 0.304. The van der Waals surface area contributed by atoms with Crippen molar-refractivity contribution in [2.75, 3.05) is 23.3 Å². The monoisotopic (exact) mass is 448 g/mol. The second-order valence-corrected chi connectivity index (χ2v) is 8.50. The molecule has 6 nitrogen and oxygen atoms in total. The number of carbonyl (C=O) groups excluding carboxylic acids is 1. The molecule has 0 unspecified atom stereocenters. The van der Waals surface area contributed by atoms with E-state index in [1.807, 2.05) is 0 Å². The molecule has 0 aliphatic rings. The molecule has 0 saturated heterocycles. The van der Waals surface area contributed by atoms with Crippen LogP contribution in [-0.4, -0.2) is 28.0 Å². The Morgan fingerprint density at radius 1 is 1.07 bits per heavy atom. The Hall–Kier alpha value is -3.10. The zero-order valence-corrected chi connectivity index (χ0v) is 17.5. The molecular weight excluding hydrogens is 431 g/mol. The predicted octanol–water partition coefficient (Wildman–Crippen LogP) is 4.32. The number of halogens is 2. The maximum Gasteiger partial charge on any atom is 0.264 e. The molecule has 156 valence electrons. The molecular formula is C21H18ClFN2O4S. The number of hydrogen-bond acceptors (Lipinski definition) is 4. The first-order chi connectivity index (χ1) is 14.3. The molecule has 0 heterocycles. The van der Waals surface area contributed by atoms with Gasteiger partial charge in [-0.2, -0.15) is 0 Å². The van der Waals surface area contributed by atoms with Gasteiger partial charge >= 0.3 is 0 Å². The van der Waals surface area contributed by atoms with Crippen LogP contribution in [0.25, 0.3) is 0 Å². The van der Waals surface area contributed by atoms with Crippen LogP contribution in [0.3, 0.4) is 0 Å². The highest BCUT2D eigenvalue weighted by Crippen LogP contribution is 2.34. The zero-order valence-electron chi connectivity index (χ0n) is 15.9. The van der Waals surface area contributed by atoms with Crippen molar-refractivity contribution in [1.82, 2.24) is 0 Å². The number of nitrogens with zero attached hydrogens (tertiary/aromatic N) is 1. The number of methoxy groups -OCH3 is 1. The van der Waals surface area contributed by atoms with Crippen LogP contribution in [0.4, 0.5) is 15.8 Å². The smallest absolute Gasteiger partial charge is 0.264 e. The molecule has 1 amide bonds. The number of ether oxygens (including phenoxy) is 1. The minimum atomic E-state index is -4.14. The van der Waals surface area contributed by atoms with Crippen molar-refractivity contribution in [3.8, 4) is 5.75 Å². The highest BCUT2D eigenvalue weighted by atomic mass is 35.5. The SMILES string of the molecule is COc1ccc(Cl)cc1N(CC(=O)Nc1cccc(F)c1)S(=O)(=O)c1ccccc1. The van der Waals surface area contributed by atoms with Crippen LogP contribution in [0.1, 0.15) is 0 Å². The topological polar surface area (TPSA) is 75.7 Å². The number of nitrogens with one attached hydrogen (secondary N) is 1. The van der Waals surface area contributed by atoms with Crippen molar-refractivity contribution in [3.63, 3.8) is 0 Å². The summed E-state index contributed by atoms with van der Waals surface area (Å²) in [7, 11) is -2.76. The highest BCUT2D eigenvalue weighted by molar-refractivity contribution is 7.92. The van der Waals surface area contributed by atoms with E-state index in [2.05, 4.69) is 5.32 Å². The van der Waals surface area contributed by atoms with E-state index in [1.165, 1.54) is 49.6 Å². The molecule has 0 aliphatic heterocycles. The van der Waals surface area contributed by atoms with E-state index in [0.717, 1.165) is 10.4 Å². The second-order valence-electron chi connectivity index (χ2n) is 6.20. The number of sulfonamides is 1. The minimum Gasteiger partial charge on any atom is -0.495 e. The molecule has 0 aromatic heterocycles. The third kappa shape index (κ3) is 4.90. The molecule has 3 rings (SSSR count). The first-order valence-corrected chi connectivity index (χ1v) is 10.6. The molecule has 0 radical (unpaired) electrons. The molecule has 0 spiro atoms. The lowest BCUT2D eigenvalue weighted by Crippen LogP contribution is -2.38. The van der Waals surface area contributed by atoms with Gasteiger partial charge in [-0.05, 0) is 48.5 Å². The largest absolute Gasteiger partial charge is 0.495 e. The van der Waals surface area contributed by atoms with E-state index in [4.69, 9.17) is 16.3 Å². The van der Waals surface area contributed by atoms with Crippen LogP contribution >= 0.6 is 11.6 Å². The molecule has 0 atom stereocenters. The van der Waals surface area contributed by atoms with Gasteiger partial charge in [-0.15, -0.1) is 0 Å². The fraction of sp³-hybridized carbons (Fsp3) is 0.0952. The zero-order chi connectivity index (χ0) is 21.7. The first kappa shape index (κ1) is 21.6. The predicted molar refractivity (Wildman–Crippen MR) is 114 cm³/mol. The summed E-state index contributed by atoms with van der Waals surface area (Å²) in [5, 5.41) is 2.77. The van der Waals surface area contributed by atoms with Crippen molar-refractivity contribution in [1.29, 1.82) is 0 Å². The summed E-state index contributed by atoms with van der Waals surface area (Å²) >= 11 is 6.08. The molecule has 0 fully saturated rings. The van der Waals surface area contributed by atoms with E-state index in [-0.39, 0.29) is 27.0 Å². The Kier molecular flexibility index (Phi) is 6.59. The van der Waals surface area contributed by atoms with E-state index >= 15 is 0 Å². The van der Waals surface area contributed by atoms with Crippen molar-refractivity contribution < 1.29 is 22.3 Å². The van der Waals surface area contributed by atoms with Crippen LogP contribution in [0.15, 0.2) is 77.7 Å². The summed E-state index contributed by atoms with van der Waals surface area (Å²) in [5.74, 6) is -0.974. The third-order valence-electron chi connectivity index (χ3n) is 4.14. The molecule has 0 aliphatic carbocycles. The van der Waals surface area contributed by atoms with Crippen LogP contribution < -0.4 is 14.4 Å². The molecule has 0 saturated carbocycles. The van der Waals surface area contributed by atoms with Crippen molar-refractivity contribution in [2.24, 2.45) is 0 Å². The maximum absolute atomic E-state index is 13.4. The van der Waals surface area contributed by atoms with Gasteiger partial charge < -0.3 is 10.1 Å². The van der Waals surface area contributed by atoms with Crippen LogP contribution in [0.5, 0.6) is 5.75 Å². The van der Waals surface area contributed by atoms with E-state index < -0.39 is 28.3 Å². The number of rotatable bonds is 7. The third-order valence-corrected chi connectivity index (χ3v) is 6.15. The number of amides is 1. The van der Waals surface area contributed by atoms with Gasteiger partial charge in [0.1, 0.15) is 18.1 Å². The van der Waals surface area contributed by atoms with Gasteiger partial charge in [-0.1, -0.05) is 35.9 Å². The van der Waals surface area contributed by atoms with Crippen LogP contribution in [0.2, 0.25) is 5.02 Å². The quantitative estimate of drug-likeness (QED) is 0.584. The van der Waals surface area contributed by atoms with Gasteiger partial charge in [0.25, 0.3) is 10.0 Å². The highest BCUT2D eigenvalue weighted by Gasteiger charge is 2.29. The summed E-state index contributed by atoms with van der Waals surface area (Å²) in [6.07, 6.45) is 0. The van der Waals surface area contributed by atoms with Gasteiger partial charge in [-0.25, -0.2) is 12.8 Å². The minimum absolute atomic E-state index is 0.00872. The molecule has 1 N–H and O–H groups in total. The fourth-order valence-electron chi connectivity index (χ4n) is 2.77. The van der Waals surface area contributed by atoms with Gasteiger partial charge in [0.05, 0.1) is 17.7 Å². The van der Waals surface area contributed by atoms with Gasteiger partial charge in [0.15, 0.2) is 0 Å². The summed E-state index contributed by atoms with van der Waals surface area (Å²) in [6, 6.07) is 17.4. The van der Waals surface area contributed by atoms with Gasteiger partial charge in [0, 0.05) is 10.7 Å². The lowest BCUT2D eigenvalue weighted by molar-refractivity contribution is -0.114. The van der Waals surface area contributed by atoms with Crippen molar-refractivity contribution in [2.45, 2.75) is 4.90 Å². The second kappa shape index (κ2) is 9.15. The van der Waals surface area contributed by atoms with Crippen LogP contribution in [0, 0.1) is 5.82 Å². The normalized spacial score (nSPS) is 11.0. The Balaban J connectivity index is 2.02. The number of anilines is 2. The Bertz CT molecular complexity index is 1160. The molecule has 9 heteroatoms. The number of carbonyl (C=O) groups is 1. The number of benzene rings is 3. The maximum atomic E-state index is 13.4. The standard InChI is InChI=1S/C21H18ClFN2O4S/c1-29-20-11-10-15(22)12-19(20)25(30(27,28)18-8-3-2-4-9-18)14-21(26)24-17-7-5-6-16(23)13-17/h2-13H,14H2,1H3,(H,24,26). The Morgan fingerprint density at radius 3 is 2.47 bits per heavy atom. The summed E-state index contributed by atoms with van der Waals surface area (Å²) in [6.45, 7) is -0.579. The molecule has 3 aromatic rings. The Morgan fingerprint density at radius 2 is 1.80 bits per heavy atom.